The van der Waals surface area contributed by atoms with Crippen molar-refractivity contribution in [1.29, 1.82) is 5.26 Å². The molecule has 1 aliphatic carbocycles. The minimum Gasteiger partial charge on any atom is -0.322 e. The molecule has 2 fully saturated rings. The Labute approximate surface area is 111 Å². The summed E-state index contributed by atoms with van der Waals surface area (Å²) >= 11 is 7.73. The number of halogens is 1. The number of carbonyl (C=O) groups is 1. The van der Waals surface area contributed by atoms with Crippen molar-refractivity contribution in [1.82, 2.24) is 4.90 Å². The maximum Gasteiger partial charge on any atom is 0.262 e. The second-order valence-electron chi connectivity index (χ2n) is 4.64. The van der Waals surface area contributed by atoms with Gasteiger partial charge in [0.05, 0.1) is 6.07 Å². The molecule has 2 aliphatic rings. The van der Waals surface area contributed by atoms with Crippen LogP contribution in [0.4, 0.5) is 0 Å². The van der Waals surface area contributed by atoms with Crippen LogP contribution < -0.4 is 0 Å². The summed E-state index contributed by atoms with van der Waals surface area (Å²) in [6, 6.07) is 2.29. The predicted molar refractivity (Wildman–Crippen MR) is 69.8 cm³/mol. The van der Waals surface area contributed by atoms with Crippen molar-refractivity contribution in [3.8, 4) is 6.07 Å². The molecule has 1 saturated heterocycles. The zero-order valence-corrected chi connectivity index (χ0v) is 11.6. The number of nitrogens with zero attached hydrogens (tertiary/aromatic N) is 2. The van der Waals surface area contributed by atoms with Gasteiger partial charge in [-0.05, 0) is 18.6 Å². The predicted octanol–water partition coefficient (Wildman–Crippen LogP) is 2.74. The molecule has 1 aliphatic heterocycles. The van der Waals surface area contributed by atoms with Gasteiger partial charge in [0.1, 0.15) is 5.37 Å². The Balaban J connectivity index is 2.12. The lowest BCUT2D eigenvalue weighted by atomic mass is 9.88. The molecule has 17 heavy (non-hydrogen) atoms. The van der Waals surface area contributed by atoms with Gasteiger partial charge in [-0.2, -0.15) is 5.26 Å². The summed E-state index contributed by atoms with van der Waals surface area (Å²) in [4.78, 5) is 12.6. The number of hydrogen-bond acceptors (Lipinski definition) is 3. The first-order valence-electron chi connectivity index (χ1n) is 6.19. The zero-order chi connectivity index (χ0) is 12.5. The highest BCUT2D eigenvalue weighted by atomic mass is 35.5. The number of hydrogen-bond donors (Lipinski definition) is 0. The van der Waals surface area contributed by atoms with E-state index in [0.29, 0.717) is 6.04 Å². The molecule has 0 N–H and O–H groups in total. The highest BCUT2D eigenvalue weighted by molar-refractivity contribution is 8.00. The van der Waals surface area contributed by atoms with Gasteiger partial charge in [0.2, 0.25) is 4.87 Å². The lowest BCUT2D eigenvalue weighted by molar-refractivity contribution is -0.149. The van der Waals surface area contributed by atoms with E-state index in [9.17, 15) is 4.79 Å². The van der Waals surface area contributed by atoms with Crippen LogP contribution in [0.25, 0.3) is 0 Å². The second-order valence-corrected chi connectivity index (χ2v) is 6.59. The Morgan fingerprint density at radius 2 is 2.18 bits per heavy atom. The lowest BCUT2D eigenvalue weighted by Crippen LogP contribution is -2.71. The minimum absolute atomic E-state index is 0.158. The molecule has 1 heterocycles. The van der Waals surface area contributed by atoms with Crippen molar-refractivity contribution in [2.75, 3.05) is 5.75 Å². The summed E-state index contributed by atoms with van der Waals surface area (Å²) in [6.45, 7) is 2.03. The smallest absolute Gasteiger partial charge is 0.262 e. The third-order valence-corrected chi connectivity index (χ3v) is 5.41. The van der Waals surface area contributed by atoms with E-state index in [-0.39, 0.29) is 11.3 Å². The van der Waals surface area contributed by atoms with Crippen molar-refractivity contribution >= 4 is 29.3 Å². The first-order chi connectivity index (χ1) is 8.15. The molecule has 1 saturated carbocycles. The summed E-state index contributed by atoms with van der Waals surface area (Å²) in [7, 11) is 0. The van der Waals surface area contributed by atoms with E-state index in [1.165, 1.54) is 19.3 Å². The fraction of sp³-hybridized carbons (Fsp3) is 0.833. The van der Waals surface area contributed by atoms with Crippen LogP contribution in [0.3, 0.4) is 0 Å². The molecule has 94 valence electrons. The molecule has 2 rings (SSSR count). The normalized spacial score (nSPS) is 34.3. The van der Waals surface area contributed by atoms with Crippen molar-refractivity contribution in [2.24, 2.45) is 0 Å². The third-order valence-electron chi connectivity index (χ3n) is 3.59. The average molecular weight is 273 g/mol. The summed E-state index contributed by atoms with van der Waals surface area (Å²) in [5, 5.41) is 8.93. The number of rotatable bonds is 3. The molecule has 1 amide bonds. The Kier molecular flexibility index (Phi) is 3.89. The number of nitriles is 1. The van der Waals surface area contributed by atoms with Gasteiger partial charge in [0.25, 0.3) is 5.91 Å². The quantitative estimate of drug-likeness (QED) is 0.586. The number of likely N-dealkylation sites (tertiary alicyclic amines) is 1. The van der Waals surface area contributed by atoms with Crippen LogP contribution in [-0.4, -0.2) is 32.8 Å². The number of β-lactam (4-membered cyclic amide) rings is 1. The first-order valence-corrected chi connectivity index (χ1v) is 7.62. The summed E-state index contributed by atoms with van der Waals surface area (Å²) < 4.78 is 0. The molecule has 5 heteroatoms. The molecule has 0 unspecified atom stereocenters. The SMILES string of the molecule is CCS[C@@H]1N(C2CCCCC2)C(=O)[C@@]1(Cl)C#N. The third kappa shape index (κ3) is 2.04. The van der Waals surface area contributed by atoms with E-state index in [4.69, 9.17) is 16.9 Å². The van der Waals surface area contributed by atoms with Crippen molar-refractivity contribution in [2.45, 2.75) is 55.3 Å². The number of alkyl halides is 1. The van der Waals surface area contributed by atoms with E-state index < -0.39 is 4.87 Å². The van der Waals surface area contributed by atoms with E-state index in [0.717, 1.165) is 18.6 Å². The van der Waals surface area contributed by atoms with Gasteiger partial charge in [-0.25, -0.2) is 0 Å². The molecule has 0 bridgehead atoms. The molecule has 0 spiro atoms. The zero-order valence-electron chi connectivity index (χ0n) is 9.99. The lowest BCUT2D eigenvalue weighted by Gasteiger charge is -2.52. The monoisotopic (exact) mass is 272 g/mol. The maximum atomic E-state index is 12.1. The van der Waals surface area contributed by atoms with Crippen LogP contribution in [0.1, 0.15) is 39.0 Å². The van der Waals surface area contributed by atoms with Crippen LogP contribution in [0.15, 0.2) is 0 Å². The maximum absolute atomic E-state index is 12.1. The minimum atomic E-state index is -1.31. The van der Waals surface area contributed by atoms with Gasteiger partial charge in [0.15, 0.2) is 0 Å². The highest BCUT2D eigenvalue weighted by Gasteiger charge is 2.62. The van der Waals surface area contributed by atoms with Gasteiger partial charge < -0.3 is 4.90 Å². The van der Waals surface area contributed by atoms with E-state index >= 15 is 0 Å². The fourth-order valence-corrected chi connectivity index (χ4v) is 4.22. The van der Waals surface area contributed by atoms with Gasteiger partial charge in [0, 0.05) is 6.04 Å². The van der Waals surface area contributed by atoms with Crippen LogP contribution in [0.5, 0.6) is 0 Å². The number of amides is 1. The Morgan fingerprint density at radius 3 is 2.71 bits per heavy atom. The Bertz CT molecular complexity index is 351. The fourth-order valence-electron chi connectivity index (χ4n) is 2.70. The number of carbonyl (C=O) groups excluding carboxylic acids is 1. The van der Waals surface area contributed by atoms with Gasteiger partial charge in [-0.15, -0.1) is 11.8 Å². The Hall–Kier alpha value is -0.400. The standard InChI is InChI=1S/C12H17ClN2OS/c1-2-17-11-12(13,8-14)10(16)15(11)9-6-4-3-5-7-9/h9,11H,2-7H2,1H3/t11-,12-/m0/s1. The topological polar surface area (TPSA) is 44.1 Å². The van der Waals surface area contributed by atoms with Crippen LogP contribution in [0, 0.1) is 11.3 Å². The molecule has 0 radical (unpaired) electrons. The van der Waals surface area contributed by atoms with Crippen LogP contribution in [0.2, 0.25) is 0 Å². The van der Waals surface area contributed by atoms with Crippen molar-refractivity contribution in [3.05, 3.63) is 0 Å². The summed E-state index contributed by atoms with van der Waals surface area (Å²) in [5.41, 5.74) is 0. The average Bonchev–Trinajstić information content (AvgIpc) is 2.38. The molecule has 0 aromatic heterocycles. The Morgan fingerprint density at radius 1 is 1.53 bits per heavy atom. The molecule has 2 atom stereocenters. The van der Waals surface area contributed by atoms with Crippen LogP contribution >= 0.6 is 23.4 Å². The van der Waals surface area contributed by atoms with Gasteiger partial charge >= 0.3 is 0 Å². The first kappa shape index (κ1) is 13.0. The van der Waals surface area contributed by atoms with E-state index in [1.54, 1.807) is 11.8 Å². The van der Waals surface area contributed by atoms with E-state index in [2.05, 4.69) is 0 Å². The van der Waals surface area contributed by atoms with Crippen LogP contribution in [-0.2, 0) is 4.79 Å². The van der Waals surface area contributed by atoms with Crippen molar-refractivity contribution in [3.63, 3.8) is 0 Å². The molecule has 0 aromatic carbocycles. The summed E-state index contributed by atoms with van der Waals surface area (Å²) in [5.74, 6) is 0.691. The number of thioether (sulfide) groups is 1. The highest BCUT2D eigenvalue weighted by Crippen LogP contribution is 2.46. The second kappa shape index (κ2) is 5.07. The van der Waals surface area contributed by atoms with Gasteiger partial charge in [-0.3, -0.25) is 4.79 Å². The van der Waals surface area contributed by atoms with Gasteiger partial charge in [-0.1, -0.05) is 37.8 Å². The van der Waals surface area contributed by atoms with Crippen molar-refractivity contribution < 1.29 is 4.79 Å². The molecule has 3 nitrogen and oxygen atoms in total. The molecular formula is C12H17ClN2OS. The molecule has 0 aromatic rings. The largest absolute Gasteiger partial charge is 0.322 e. The summed E-state index contributed by atoms with van der Waals surface area (Å²) in [6.07, 6.45) is 5.74. The van der Waals surface area contributed by atoms with E-state index in [1.807, 2.05) is 17.9 Å². The molecular weight excluding hydrogens is 256 g/mol.